The Morgan fingerprint density at radius 2 is 1.89 bits per heavy atom. The molecule has 0 radical (unpaired) electrons. The number of nitrogens with two attached hydrogens (primary N) is 1. The van der Waals surface area contributed by atoms with Crippen LogP contribution in [0.25, 0.3) is 0 Å². The van der Waals surface area contributed by atoms with Crippen molar-refractivity contribution in [2.24, 2.45) is 5.84 Å². The van der Waals surface area contributed by atoms with Crippen molar-refractivity contribution in [3.8, 4) is 0 Å². The Hall–Kier alpha value is -1.11. The zero-order valence-electron chi connectivity index (χ0n) is 10.1. The van der Waals surface area contributed by atoms with E-state index in [0.29, 0.717) is 6.42 Å². The number of ether oxygens (including phenoxy) is 1. The van der Waals surface area contributed by atoms with E-state index in [-0.39, 0.29) is 12.6 Å². The van der Waals surface area contributed by atoms with Crippen LogP contribution in [0.3, 0.4) is 0 Å². The summed E-state index contributed by atoms with van der Waals surface area (Å²) in [4.78, 5) is 0. The first-order valence-corrected chi connectivity index (χ1v) is 5.59. The van der Waals surface area contributed by atoms with E-state index >= 15 is 0 Å². The van der Waals surface area contributed by atoms with Crippen LogP contribution in [0.4, 0.5) is 13.2 Å². The number of rotatable bonds is 6. The summed E-state index contributed by atoms with van der Waals surface area (Å²) in [7, 11) is 0. The van der Waals surface area contributed by atoms with Gasteiger partial charge in [0, 0.05) is 12.6 Å². The molecule has 1 aromatic rings. The minimum absolute atomic E-state index is 0.00224. The van der Waals surface area contributed by atoms with Gasteiger partial charge in [0.15, 0.2) is 0 Å². The Bertz CT molecular complexity index is 351. The van der Waals surface area contributed by atoms with Crippen molar-refractivity contribution in [2.45, 2.75) is 25.6 Å². The van der Waals surface area contributed by atoms with Crippen molar-refractivity contribution < 1.29 is 17.9 Å². The lowest BCUT2D eigenvalue weighted by Crippen LogP contribution is -2.29. The molecule has 3 nitrogen and oxygen atoms in total. The zero-order chi connectivity index (χ0) is 13.6. The summed E-state index contributed by atoms with van der Waals surface area (Å²) in [5.74, 6) is 5.38. The van der Waals surface area contributed by atoms with E-state index in [1.165, 1.54) is 0 Å². The molecule has 0 heterocycles. The predicted molar refractivity (Wildman–Crippen MR) is 62.7 cm³/mol. The molecular formula is C12H17F3N2O. The molecule has 0 aliphatic rings. The van der Waals surface area contributed by atoms with E-state index in [0.717, 1.165) is 11.1 Å². The number of nitrogens with one attached hydrogen (secondary N) is 1. The van der Waals surface area contributed by atoms with Crippen LogP contribution >= 0.6 is 0 Å². The molecule has 102 valence electrons. The van der Waals surface area contributed by atoms with E-state index in [9.17, 15) is 13.2 Å². The normalized spacial score (nSPS) is 13.6. The highest BCUT2D eigenvalue weighted by Gasteiger charge is 2.27. The van der Waals surface area contributed by atoms with Gasteiger partial charge in [-0.25, -0.2) is 0 Å². The SMILES string of the molecule is Cc1ccc(C(CCOCC(F)(F)F)NN)cc1. The number of hydrogen-bond acceptors (Lipinski definition) is 3. The molecule has 0 saturated carbocycles. The van der Waals surface area contributed by atoms with E-state index in [2.05, 4.69) is 10.2 Å². The van der Waals surface area contributed by atoms with E-state index in [1.807, 2.05) is 31.2 Å². The average Bonchev–Trinajstić information content (AvgIpc) is 2.29. The van der Waals surface area contributed by atoms with Crippen molar-refractivity contribution in [2.75, 3.05) is 13.2 Å². The van der Waals surface area contributed by atoms with Gasteiger partial charge in [0.25, 0.3) is 0 Å². The standard InChI is InChI=1S/C12H17F3N2O/c1-9-2-4-10(5-3-9)11(17-16)6-7-18-8-12(13,14)15/h2-5,11,17H,6-8,16H2,1H3. The summed E-state index contributed by atoms with van der Waals surface area (Å²) in [5.41, 5.74) is 4.62. The molecule has 1 atom stereocenters. The van der Waals surface area contributed by atoms with Gasteiger partial charge in [-0.2, -0.15) is 13.2 Å². The molecule has 1 rings (SSSR count). The summed E-state index contributed by atoms with van der Waals surface area (Å²) in [6.07, 6.45) is -3.90. The number of hydrogen-bond donors (Lipinski definition) is 2. The Balaban J connectivity index is 2.40. The minimum atomic E-state index is -4.28. The van der Waals surface area contributed by atoms with Crippen molar-refractivity contribution in [1.29, 1.82) is 0 Å². The molecule has 0 aromatic heterocycles. The lowest BCUT2D eigenvalue weighted by atomic mass is 10.0. The van der Waals surface area contributed by atoms with Gasteiger partial charge in [-0.05, 0) is 18.9 Å². The molecule has 6 heteroatoms. The molecule has 0 fully saturated rings. The third kappa shape index (κ3) is 5.48. The number of hydrazine groups is 1. The molecule has 18 heavy (non-hydrogen) atoms. The number of alkyl halides is 3. The zero-order valence-corrected chi connectivity index (χ0v) is 10.1. The van der Waals surface area contributed by atoms with Crippen LogP contribution in [0.1, 0.15) is 23.6 Å². The van der Waals surface area contributed by atoms with Crippen LogP contribution in [0.15, 0.2) is 24.3 Å². The quantitative estimate of drug-likeness (QED) is 0.470. The van der Waals surface area contributed by atoms with E-state index in [1.54, 1.807) is 0 Å². The minimum Gasteiger partial charge on any atom is -0.372 e. The fraction of sp³-hybridized carbons (Fsp3) is 0.500. The van der Waals surface area contributed by atoms with Gasteiger partial charge in [0.2, 0.25) is 0 Å². The van der Waals surface area contributed by atoms with Crippen LogP contribution in [0.2, 0.25) is 0 Å². The highest BCUT2D eigenvalue weighted by Crippen LogP contribution is 2.18. The Kier molecular flexibility index (Phi) is 5.58. The fourth-order valence-electron chi connectivity index (χ4n) is 1.53. The third-order valence-corrected chi connectivity index (χ3v) is 2.50. The molecule has 0 saturated heterocycles. The summed E-state index contributed by atoms with van der Waals surface area (Å²) in [5, 5.41) is 0. The molecule has 1 unspecified atom stereocenters. The molecule has 0 aliphatic carbocycles. The topological polar surface area (TPSA) is 47.3 Å². The van der Waals surface area contributed by atoms with Gasteiger partial charge in [-0.15, -0.1) is 0 Å². The van der Waals surface area contributed by atoms with Gasteiger partial charge in [0.05, 0.1) is 0 Å². The first-order valence-electron chi connectivity index (χ1n) is 5.59. The maximum absolute atomic E-state index is 11.9. The number of benzene rings is 1. The second kappa shape index (κ2) is 6.72. The van der Waals surface area contributed by atoms with Crippen molar-refractivity contribution in [3.63, 3.8) is 0 Å². The number of halogens is 3. The van der Waals surface area contributed by atoms with Gasteiger partial charge < -0.3 is 4.74 Å². The second-order valence-corrected chi connectivity index (χ2v) is 4.09. The Morgan fingerprint density at radius 3 is 2.39 bits per heavy atom. The Labute approximate surface area is 104 Å². The van der Waals surface area contributed by atoms with Crippen molar-refractivity contribution >= 4 is 0 Å². The highest BCUT2D eigenvalue weighted by molar-refractivity contribution is 5.23. The lowest BCUT2D eigenvalue weighted by Gasteiger charge is -2.17. The summed E-state index contributed by atoms with van der Waals surface area (Å²) >= 11 is 0. The average molecular weight is 262 g/mol. The molecule has 3 N–H and O–H groups in total. The van der Waals surface area contributed by atoms with Crippen LogP contribution in [-0.4, -0.2) is 19.4 Å². The summed E-state index contributed by atoms with van der Waals surface area (Å²) < 4.78 is 40.1. The first kappa shape index (κ1) is 14.9. The molecule has 0 bridgehead atoms. The van der Waals surface area contributed by atoms with E-state index < -0.39 is 12.8 Å². The Morgan fingerprint density at radius 1 is 1.28 bits per heavy atom. The molecule has 1 aromatic carbocycles. The van der Waals surface area contributed by atoms with Crippen LogP contribution in [0, 0.1) is 6.92 Å². The smallest absolute Gasteiger partial charge is 0.372 e. The maximum atomic E-state index is 11.9. The predicted octanol–water partition coefficient (Wildman–Crippen LogP) is 2.47. The third-order valence-electron chi connectivity index (χ3n) is 2.50. The van der Waals surface area contributed by atoms with E-state index in [4.69, 9.17) is 5.84 Å². The molecule has 0 spiro atoms. The van der Waals surface area contributed by atoms with Gasteiger partial charge in [0.1, 0.15) is 6.61 Å². The maximum Gasteiger partial charge on any atom is 0.411 e. The summed E-state index contributed by atoms with van der Waals surface area (Å²) in [6, 6.07) is 7.43. The van der Waals surface area contributed by atoms with Gasteiger partial charge >= 0.3 is 6.18 Å². The van der Waals surface area contributed by atoms with Crippen molar-refractivity contribution in [1.82, 2.24) is 5.43 Å². The van der Waals surface area contributed by atoms with Crippen LogP contribution in [-0.2, 0) is 4.74 Å². The largest absolute Gasteiger partial charge is 0.411 e. The lowest BCUT2D eigenvalue weighted by molar-refractivity contribution is -0.174. The van der Waals surface area contributed by atoms with Crippen LogP contribution in [0.5, 0.6) is 0 Å². The molecular weight excluding hydrogens is 245 g/mol. The monoisotopic (exact) mass is 262 g/mol. The highest BCUT2D eigenvalue weighted by atomic mass is 19.4. The van der Waals surface area contributed by atoms with Crippen molar-refractivity contribution in [3.05, 3.63) is 35.4 Å². The second-order valence-electron chi connectivity index (χ2n) is 4.09. The van der Waals surface area contributed by atoms with Gasteiger partial charge in [-0.3, -0.25) is 11.3 Å². The first-order chi connectivity index (χ1) is 8.42. The van der Waals surface area contributed by atoms with Gasteiger partial charge in [-0.1, -0.05) is 29.8 Å². The molecule has 0 aliphatic heterocycles. The number of aryl methyl sites for hydroxylation is 1. The summed E-state index contributed by atoms with van der Waals surface area (Å²) in [6.45, 7) is 0.738. The molecule has 0 amide bonds. The fourth-order valence-corrected chi connectivity index (χ4v) is 1.53. The van der Waals surface area contributed by atoms with Crippen LogP contribution < -0.4 is 11.3 Å².